The molecule has 0 unspecified atom stereocenters. The quantitative estimate of drug-likeness (QED) is 0.396. The Bertz CT molecular complexity index is 2060. The van der Waals surface area contributed by atoms with Gasteiger partial charge in [-0.25, -0.2) is 4.72 Å². The summed E-state index contributed by atoms with van der Waals surface area (Å²) in [5.41, 5.74) is 5.04. The number of fused-ring (bicyclic) bond motifs is 12. The molecule has 13 heteroatoms. The molecule has 0 radical (unpaired) electrons. The van der Waals surface area contributed by atoms with E-state index < -0.39 is 21.5 Å². The molecule has 5 heterocycles. The molecule has 3 amide bonds. The minimum Gasteiger partial charge on any atom is -0.497 e. The van der Waals surface area contributed by atoms with Crippen molar-refractivity contribution in [2.45, 2.75) is 64.3 Å². The fourth-order valence-electron chi connectivity index (χ4n) is 9.72. The maximum Gasteiger partial charge on any atom is 0.303 e. The molecule has 3 saturated heterocycles. The highest BCUT2D eigenvalue weighted by Crippen LogP contribution is 2.60. The van der Waals surface area contributed by atoms with Crippen LogP contribution in [0, 0.1) is 23.2 Å². The minimum atomic E-state index is -4.01. The minimum absolute atomic E-state index is 0.0247. The average molecular weight is 746 g/mol. The molecule has 284 valence electrons. The molecule has 12 nitrogen and oxygen atoms in total. The van der Waals surface area contributed by atoms with Crippen molar-refractivity contribution in [3.05, 3.63) is 53.1 Å². The van der Waals surface area contributed by atoms with E-state index in [2.05, 4.69) is 26.3 Å². The van der Waals surface area contributed by atoms with Crippen LogP contribution in [0.1, 0.15) is 72.9 Å². The summed E-state index contributed by atoms with van der Waals surface area (Å²) < 4.78 is 42.6. The third-order valence-electron chi connectivity index (χ3n) is 12.6. The first-order valence-corrected chi connectivity index (χ1v) is 20.5. The summed E-state index contributed by atoms with van der Waals surface area (Å²) in [5.74, 6) is 0.756. The maximum absolute atomic E-state index is 15.2. The van der Waals surface area contributed by atoms with Gasteiger partial charge in [-0.2, -0.15) is 12.7 Å². The zero-order valence-corrected chi connectivity index (χ0v) is 32.0. The van der Waals surface area contributed by atoms with Crippen LogP contribution in [0.5, 0.6) is 5.75 Å². The van der Waals surface area contributed by atoms with Gasteiger partial charge in [0.2, 0.25) is 11.8 Å². The van der Waals surface area contributed by atoms with Crippen LogP contribution in [-0.4, -0.2) is 105 Å². The first kappa shape index (κ1) is 36.1. The molecule has 3 aromatic rings. The van der Waals surface area contributed by atoms with Crippen LogP contribution in [0.4, 0.5) is 0 Å². The highest BCUT2D eigenvalue weighted by Gasteiger charge is 2.62. The smallest absolute Gasteiger partial charge is 0.303 e. The van der Waals surface area contributed by atoms with Crippen molar-refractivity contribution < 1.29 is 32.3 Å². The lowest BCUT2D eigenvalue weighted by atomic mass is 9.80. The number of nitrogens with one attached hydrogen (secondary N) is 1. The summed E-state index contributed by atoms with van der Waals surface area (Å²) >= 11 is 0. The molecular formula is C40H51N5O7S. The Kier molecular flexibility index (Phi) is 9.34. The number of aromatic nitrogens is 1. The maximum atomic E-state index is 15.2. The molecule has 1 aromatic heterocycles. The van der Waals surface area contributed by atoms with E-state index in [9.17, 15) is 18.0 Å². The Morgan fingerprint density at radius 3 is 2.30 bits per heavy atom. The number of carbonyl (C=O) groups is 3. The number of amides is 3. The predicted molar refractivity (Wildman–Crippen MR) is 201 cm³/mol. The van der Waals surface area contributed by atoms with Gasteiger partial charge in [0, 0.05) is 87.6 Å². The van der Waals surface area contributed by atoms with Crippen LogP contribution in [0.15, 0.2) is 36.4 Å². The molecule has 2 bridgehead atoms. The molecule has 5 fully saturated rings. The Morgan fingerprint density at radius 2 is 1.64 bits per heavy atom. The number of nitrogens with zero attached hydrogens (tertiary/aromatic N) is 4. The molecule has 2 aliphatic carbocycles. The first-order valence-electron chi connectivity index (χ1n) is 19.1. The number of hydrogen-bond acceptors (Lipinski definition) is 7. The van der Waals surface area contributed by atoms with Gasteiger partial charge < -0.3 is 23.8 Å². The van der Waals surface area contributed by atoms with Gasteiger partial charge in [0.1, 0.15) is 5.75 Å². The number of carbonyl (C=O) groups excluding carboxylic acids is 3. The molecule has 4 aliphatic heterocycles. The molecule has 6 aliphatic rings. The highest BCUT2D eigenvalue weighted by molar-refractivity contribution is 7.87. The standard InChI is InChI=1S/C40H51N5O7S/c1-25(46)43-18-26-20-44(21-27(19-43)23-52-22-26)39(48)40-17-31(40)14-30-15-32(51-4)11-13-33(30)37-36(28-8-6-5-7-9-28)34-12-10-29(16-35(34)45(37)24-40)38(47)41-53(49,50)42(2)3/h10-13,15-16,26-28,31H,5-9,14,17-24H2,1-4H3,(H,41,47)/t26-,27+,31-,40+/m1/s1. The molecule has 53 heavy (non-hydrogen) atoms. The van der Waals surface area contributed by atoms with E-state index in [0.29, 0.717) is 51.9 Å². The van der Waals surface area contributed by atoms with Gasteiger partial charge in [-0.15, -0.1) is 0 Å². The molecule has 1 N–H and O–H groups in total. The normalized spacial score (nSPS) is 26.0. The fraction of sp³-hybridized carbons (Fsp3) is 0.575. The summed E-state index contributed by atoms with van der Waals surface area (Å²) in [6.07, 6.45) is 7.09. The van der Waals surface area contributed by atoms with E-state index in [-0.39, 0.29) is 35.1 Å². The van der Waals surface area contributed by atoms with E-state index in [1.165, 1.54) is 26.1 Å². The first-order chi connectivity index (χ1) is 25.4. The van der Waals surface area contributed by atoms with E-state index in [0.717, 1.165) is 76.3 Å². The Morgan fingerprint density at radius 1 is 0.943 bits per heavy atom. The third kappa shape index (κ3) is 6.52. The predicted octanol–water partition coefficient (Wildman–Crippen LogP) is 4.42. The zero-order chi connectivity index (χ0) is 37.2. The van der Waals surface area contributed by atoms with Crippen LogP contribution < -0.4 is 9.46 Å². The van der Waals surface area contributed by atoms with Gasteiger partial charge >= 0.3 is 10.2 Å². The van der Waals surface area contributed by atoms with Crippen LogP contribution in [0.25, 0.3) is 22.2 Å². The second-order valence-electron chi connectivity index (χ2n) is 16.3. The molecule has 9 rings (SSSR count). The van der Waals surface area contributed by atoms with E-state index in [1.54, 1.807) is 20.1 Å². The van der Waals surface area contributed by atoms with E-state index in [1.807, 2.05) is 23.1 Å². The van der Waals surface area contributed by atoms with Crippen molar-refractivity contribution in [2.24, 2.45) is 23.2 Å². The zero-order valence-electron chi connectivity index (χ0n) is 31.2. The van der Waals surface area contributed by atoms with Crippen molar-refractivity contribution in [2.75, 3.05) is 60.6 Å². The lowest BCUT2D eigenvalue weighted by molar-refractivity contribution is -0.145. The lowest BCUT2D eigenvalue weighted by Gasteiger charge is -2.42. The second-order valence-corrected chi connectivity index (χ2v) is 18.2. The summed E-state index contributed by atoms with van der Waals surface area (Å²) in [5, 5.41) is 1.05. The summed E-state index contributed by atoms with van der Waals surface area (Å²) in [7, 11) is 0.434. The number of hydrogen-bond donors (Lipinski definition) is 1. The van der Waals surface area contributed by atoms with Gasteiger partial charge in [-0.05, 0) is 79.0 Å². The van der Waals surface area contributed by atoms with Crippen molar-refractivity contribution in [3.8, 4) is 17.0 Å². The SMILES string of the molecule is COc1ccc2c(c1)C[C@@H]1C[C@]1(C(=O)N1C[C@@H]3COC[C@@H](CN(C(C)=O)C3)C1)Cn1c-2c(C2CCCCC2)c2ccc(C(=O)NS(=O)(=O)N(C)C)cc21. The lowest BCUT2D eigenvalue weighted by Crippen LogP contribution is -2.55. The topological polar surface area (TPSA) is 130 Å². The average Bonchev–Trinajstić information content (AvgIpc) is 3.69. The number of benzene rings is 2. The van der Waals surface area contributed by atoms with Crippen molar-refractivity contribution in [1.82, 2.24) is 23.4 Å². The third-order valence-corrected chi connectivity index (χ3v) is 14.0. The van der Waals surface area contributed by atoms with Crippen LogP contribution >= 0.6 is 0 Å². The monoisotopic (exact) mass is 745 g/mol. The Hall–Kier alpha value is -3.94. The summed E-state index contributed by atoms with van der Waals surface area (Å²) in [4.78, 5) is 45.2. The Labute approximate surface area is 311 Å². The molecule has 2 aromatic carbocycles. The number of ether oxygens (including phenoxy) is 2. The molecule has 2 saturated carbocycles. The van der Waals surface area contributed by atoms with Gasteiger partial charge in [-0.3, -0.25) is 14.4 Å². The Balaban J connectivity index is 1.27. The highest BCUT2D eigenvalue weighted by atomic mass is 32.2. The van der Waals surface area contributed by atoms with Gasteiger partial charge in [0.25, 0.3) is 5.91 Å². The van der Waals surface area contributed by atoms with Crippen molar-refractivity contribution in [1.29, 1.82) is 0 Å². The van der Waals surface area contributed by atoms with Crippen molar-refractivity contribution >= 4 is 38.8 Å². The van der Waals surface area contributed by atoms with Crippen LogP contribution in [-0.2, 0) is 37.5 Å². The number of methoxy groups -OCH3 is 1. The summed E-state index contributed by atoms with van der Waals surface area (Å²) in [6.45, 7) is 5.33. The fourth-order valence-corrected chi connectivity index (χ4v) is 10.3. The molecule has 0 spiro atoms. The van der Waals surface area contributed by atoms with Crippen molar-refractivity contribution in [3.63, 3.8) is 0 Å². The van der Waals surface area contributed by atoms with Gasteiger partial charge in [0.15, 0.2) is 0 Å². The summed E-state index contributed by atoms with van der Waals surface area (Å²) in [6, 6.07) is 11.8. The van der Waals surface area contributed by atoms with Gasteiger partial charge in [0.05, 0.1) is 31.4 Å². The van der Waals surface area contributed by atoms with Crippen LogP contribution in [0.2, 0.25) is 0 Å². The van der Waals surface area contributed by atoms with Gasteiger partial charge in [-0.1, -0.05) is 25.3 Å². The number of rotatable bonds is 6. The largest absolute Gasteiger partial charge is 0.497 e. The second kappa shape index (κ2) is 13.7. The van der Waals surface area contributed by atoms with Crippen LogP contribution in [0.3, 0.4) is 0 Å². The molecular weight excluding hydrogens is 695 g/mol. The van der Waals surface area contributed by atoms with E-state index in [4.69, 9.17) is 9.47 Å². The molecule has 4 atom stereocenters. The van der Waals surface area contributed by atoms with E-state index >= 15 is 4.79 Å².